The summed E-state index contributed by atoms with van der Waals surface area (Å²) < 4.78 is 15.3. The first kappa shape index (κ1) is 21.4. The van der Waals surface area contributed by atoms with Crippen LogP contribution >= 0.6 is 23.2 Å². The smallest absolute Gasteiger partial charge is 0.299 e. The van der Waals surface area contributed by atoms with Crippen molar-refractivity contribution in [1.29, 1.82) is 0 Å². The molecule has 25 heavy (non-hydrogen) atoms. The second-order valence-corrected chi connectivity index (χ2v) is 6.90. The molecule has 0 saturated carbocycles. The van der Waals surface area contributed by atoms with Gasteiger partial charge in [-0.05, 0) is 0 Å². The Morgan fingerprint density at radius 3 is 1.76 bits per heavy atom. The summed E-state index contributed by atoms with van der Waals surface area (Å²) in [6.45, 7) is -2.75. The number of ether oxygens (including phenoxy) is 3. The monoisotopic (exact) mass is 410 g/mol. The van der Waals surface area contributed by atoms with E-state index >= 15 is 0 Å². The SMILES string of the molecule is OC[C@H]1OC(CO)(O[C@]2(Cl)O[C@H](CO)[C@@H](O)[C@H](O)[C@]2(O)Cl)[C@@H](O)[C@@H]1O. The van der Waals surface area contributed by atoms with E-state index in [9.17, 15) is 35.7 Å². The molecule has 2 rings (SSSR count). The molecule has 0 spiro atoms. The van der Waals surface area contributed by atoms with Crippen LogP contribution in [-0.2, 0) is 14.2 Å². The third kappa shape index (κ3) is 3.27. The molecule has 13 heteroatoms. The second kappa shape index (κ2) is 7.28. The second-order valence-electron chi connectivity index (χ2n) is 5.83. The zero-order valence-corrected chi connectivity index (χ0v) is 14.2. The number of aliphatic hydroxyl groups excluding tert-OH is 7. The maximum atomic E-state index is 10.3. The zero-order chi connectivity index (χ0) is 19.2. The summed E-state index contributed by atoms with van der Waals surface area (Å²) in [4.78, 5) is 0. The van der Waals surface area contributed by atoms with Crippen molar-refractivity contribution in [2.75, 3.05) is 19.8 Å². The summed E-state index contributed by atoms with van der Waals surface area (Å²) in [5.41, 5.74) is 0. The molecule has 0 radical (unpaired) electrons. The van der Waals surface area contributed by atoms with Gasteiger partial charge in [0.25, 0.3) is 5.25 Å². The Morgan fingerprint density at radius 1 is 0.840 bits per heavy atom. The van der Waals surface area contributed by atoms with Gasteiger partial charge < -0.3 is 50.3 Å². The molecule has 2 aliphatic rings. The molecule has 0 aliphatic carbocycles. The van der Waals surface area contributed by atoms with Crippen LogP contribution in [0.2, 0.25) is 0 Å². The van der Waals surface area contributed by atoms with Gasteiger partial charge in [-0.2, -0.15) is 0 Å². The van der Waals surface area contributed by atoms with Crippen LogP contribution in [0.1, 0.15) is 0 Å². The number of aliphatic hydroxyl groups is 8. The minimum atomic E-state index is -3.02. The van der Waals surface area contributed by atoms with E-state index in [-0.39, 0.29) is 0 Å². The van der Waals surface area contributed by atoms with Gasteiger partial charge in [0, 0.05) is 0 Å². The fourth-order valence-corrected chi connectivity index (χ4v) is 3.24. The predicted octanol–water partition coefficient (Wildman–Crippen LogP) is -4.26. The van der Waals surface area contributed by atoms with Crippen molar-refractivity contribution in [3.63, 3.8) is 0 Å². The van der Waals surface area contributed by atoms with Crippen LogP contribution in [0, 0.1) is 0 Å². The van der Waals surface area contributed by atoms with E-state index in [0.717, 1.165) is 0 Å². The largest absolute Gasteiger partial charge is 0.394 e. The third-order valence-corrected chi connectivity index (χ3v) is 5.23. The Bertz CT molecular complexity index is 482. The molecule has 0 aromatic heterocycles. The van der Waals surface area contributed by atoms with Crippen LogP contribution in [-0.4, -0.2) is 113 Å². The lowest BCUT2D eigenvalue weighted by molar-refractivity contribution is -0.411. The van der Waals surface area contributed by atoms with Crippen molar-refractivity contribution < 1.29 is 55.1 Å². The molecule has 2 saturated heterocycles. The molecule has 0 aromatic rings. The quantitative estimate of drug-likeness (QED) is 0.205. The molecule has 0 aromatic carbocycles. The molecular formula is C12H20Cl2O11. The van der Waals surface area contributed by atoms with Crippen LogP contribution in [0.3, 0.4) is 0 Å². The number of halogens is 2. The van der Waals surface area contributed by atoms with Gasteiger partial charge in [-0.25, -0.2) is 0 Å². The molecule has 8 N–H and O–H groups in total. The number of rotatable bonds is 5. The molecule has 2 fully saturated rings. The van der Waals surface area contributed by atoms with E-state index < -0.39 is 72.5 Å². The van der Waals surface area contributed by atoms with E-state index in [1.54, 1.807) is 0 Å². The number of hydrogen-bond acceptors (Lipinski definition) is 11. The van der Waals surface area contributed by atoms with Crippen molar-refractivity contribution in [2.24, 2.45) is 0 Å². The fourth-order valence-electron chi connectivity index (χ4n) is 2.67. The van der Waals surface area contributed by atoms with Crippen molar-refractivity contribution in [3.8, 4) is 0 Å². The molecule has 0 bridgehead atoms. The van der Waals surface area contributed by atoms with Crippen LogP contribution in [0.25, 0.3) is 0 Å². The van der Waals surface area contributed by atoms with Gasteiger partial charge in [-0.1, -0.05) is 23.2 Å². The highest BCUT2D eigenvalue weighted by molar-refractivity contribution is 6.33. The molecule has 0 amide bonds. The first-order chi connectivity index (χ1) is 11.5. The van der Waals surface area contributed by atoms with Crippen molar-refractivity contribution in [2.45, 2.75) is 52.7 Å². The molecule has 1 unspecified atom stereocenters. The minimum absolute atomic E-state index is 0.759. The predicted molar refractivity (Wildman–Crippen MR) is 78.2 cm³/mol. The van der Waals surface area contributed by atoms with E-state index in [4.69, 9.17) is 42.5 Å². The van der Waals surface area contributed by atoms with Crippen molar-refractivity contribution >= 4 is 23.2 Å². The Hall–Kier alpha value is 0.140. The van der Waals surface area contributed by atoms with Crippen LogP contribution in [0.15, 0.2) is 0 Å². The lowest BCUT2D eigenvalue weighted by Crippen LogP contribution is -2.71. The van der Waals surface area contributed by atoms with Gasteiger partial charge in [0.15, 0.2) is 0 Å². The lowest BCUT2D eigenvalue weighted by atomic mass is 9.98. The van der Waals surface area contributed by atoms with Crippen LogP contribution < -0.4 is 0 Å². The minimum Gasteiger partial charge on any atom is -0.394 e. The summed E-state index contributed by atoms with van der Waals surface area (Å²) >= 11 is 11.7. The van der Waals surface area contributed by atoms with E-state index in [1.807, 2.05) is 0 Å². The van der Waals surface area contributed by atoms with Gasteiger partial charge in [0.05, 0.1) is 13.2 Å². The summed E-state index contributed by atoms with van der Waals surface area (Å²) in [7, 11) is 0. The molecular weight excluding hydrogens is 391 g/mol. The molecule has 2 heterocycles. The molecule has 11 nitrogen and oxygen atoms in total. The standard InChI is InChI=1S/C12H20Cl2O11/c13-11(22)9(21)7(19)5(2-16)24-12(11,14)25-10(3-17)8(20)6(18)4(1-15)23-10/h4-9,15-22H,1-3H2/t4-,5-,6-,7-,8+,9+,10?,11-,12-/m1/s1. The topological polar surface area (TPSA) is 190 Å². The maximum Gasteiger partial charge on any atom is 0.299 e. The summed E-state index contributed by atoms with van der Waals surface area (Å²) in [6, 6.07) is 0. The Balaban J connectivity index is 2.37. The highest BCUT2D eigenvalue weighted by Gasteiger charge is 2.69. The lowest BCUT2D eigenvalue weighted by Gasteiger charge is -2.51. The maximum absolute atomic E-state index is 10.3. The van der Waals surface area contributed by atoms with Crippen molar-refractivity contribution in [3.05, 3.63) is 0 Å². The van der Waals surface area contributed by atoms with E-state index in [0.29, 0.717) is 0 Å². The Kier molecular flexibility index (Phi) is 6.24. The van der Waals surface area contributed by atoms with Gasteiger partial charge in [0.2, 0.25) is 10.8 Å². The Labute approximate surface area is 151 Å². The van der Waals surface area contributed by atoms with Gasteiger partial charge in [0.1, 0.15) is 43.2 Å². The summed E-state index contributed by atoms with van der Waals surface area (Å²) in [5.74, 6) is -2.50. The van der Waals surface area contributed by atoms with Crippen molar-refractivity contribution in [1.82, 2.24) is 0 Å². The van der Waals surface area contributed by atoms with Crippen LogP contribution in [0.4, 0.5) is 0 Å². The molecule has 148 valence electrons. The average Bonchev–Trinajstić information content (AvgIpc) is 2.82. The fraction of sp³-hybridized carbons (Fsp3) is 1.00. The molecule has 9 atom stereocenters. The van der Waals surface area contributed by atoms with Crippen LogP contribution in [0.5, 0.6) is 0 Å². The number of alkyl halides is 2. The Morgan fingerprint density at radius 2 is 1.32 bits per heavy atom. The van der Waals surface area contributed by atoms with E-state index in [2.05, 4.69) is 0 Å². The van der Waals surface area contributed by atoms with Gasteiger partial charge in [-0.3, -0.25) is 4.74 Å². The average molecular weight is 411 g/mol. The summed E-state index contributed by atoms with van der Waals surface area (Å²) in [5, 5.41) is 71.8. The first-order valence-corrected chi connectivity index (χ1v) is 7.96. The highest BCUT2D eigenvalue weighted by Crippen LogP contribution is 2.49. The van der Waals surface area contributed by atoms with E-state index in [1.165, 1.54) is 0 Å². The highest BCUT2D eigenvalue weighted by atomic mass is 35.5. The van der Waals surface area contributed by atoms with Gasteiger partial charge >= 0.3 is 0 Å². The normalized spacial score (nSPS) is 54.0. The summed E-state index contributed by atoms with van der Waals surface area (Å²) in [6.07, 6.45) is -10.6. The third-order valence-electron chi connectivity index (χ3n) is 4.21. The molecule has 2 aliphatic heterocycles. The number of hydrogen-bond donors (Lipinski definition) is 8. The zero-order valence-electron chi connectivity index (χ0n) is 12.6. The van der Waals surface area contributed by atoms with Gasteiger partial charge in [-0.15, -0.1) is 0 Å². The first-order valence-electron chi connectivity index (χ1n) is 7.20.